The van der Waals surface area contributed by atoms with Crippen molar-refractivity contribution in [3.63, 3.8) is 0 Å². The molecule has 0 saturated heterocycles. The Hall–Kier alpha value is -0.870. The van der Waals surface area contributed by atoms with E-state index in [1.807, 2.05) is 16.9 Å². The fraction of sp³-hybridized carbons (Fsp3) is 0.812. The van der Waals surface area contributed by atoms with E-state index < -0.39 is 0 Å². The van der Waals surface area contributed by atoms with E-state index in [4.69, 9.17) is 10.5 Å². The first-order valence-corrected chi connectivity index (χ1v) is 7.77. The molecule has 4 nitrogen and oxygen atoms in total. The molecule has 2 N–H and O–H groups in total. The van der Waals surface area contributed by atoms with Gasteiger partial charge in [0.25, 0.3) is 0 Å². The number of rotatable bonds is 5. The monoisotopic (exact) mass is 279 g/mol. The Morgan fingerprint density at radius 3 is 2.55 bits per heavy atom. The summed E-state index contributed by atoms with van der Waals surface area (Å²) in [6.07, 6.45) is 8.39. The van der Waals surface area contributed by atoms with Gasteiger partial charge in [-0.15, -0.1) is 0 Å². The van der Waals surface area contributed by atoms with Crippen molar-refractivity contribution >= 4 is 0 Å². The van der Waals surface area contributed by atoms with Gasteiger partial charge in [-0.25, -0.2) is 0 Å². The summed E-state index contributed by atoms with van der Waals surface area (Å²) >= 11 is 0. The van der Waals surface area contributed by atoms with Gasteiger partial charge in [-0.05, 0) is 43.1 Å². The Bertz CT molecular complexity index is 386. The first-order valence-electron chi connectivity index (χ1n) is 7.77. The minimum absolute atomic E-state index is 0.102. The van der Waals surface area contributed by atoms with Gasteiger partial charge in [0, 0.05) is 18.9 Å². The van der Waals surface area contributed by atoms with Crippen LogP contribution in [0.15, 0.2) is 18.5 Å². The normalized spacial score (nSPS) is 27.7. The molecule has 0 radical (unpaired) electrons. The van der Waals surface area contributed by atoms with E-state index in [0.717, 1.165) is 25.3 Å². The lowest BCUT2D eigenvalue weighted by molar-refractivity contribution is -0.0825. The van der Waals surface area contributed by atoms with E-state index in [9.17, 15) is 0 Å². The van der Waals surface area contributed by atoms with Crippen LogP contribution in [-0.2, 0) is 11.3 Å². The number of hydrogen-bond acceptors (Lipinski definition) is 3. The van der Waals surface area contributed by atoms with Gasteiger partial charge >= 0.3 is 0 Å². The van der Waals surface area contributed by atoms with Crippen LogP contribution in [0.2, 0.25) is 0 Å². The fourth-order valence-electron chi connectivity index (χ4n) is 3.21. The molecule has 1 aromatic rings. The van der Waals surface area contributed by atoms with Crippen molar-refractivity contribution in [1.29, 1.82) is 0 Å². The lowest BCUT2D eigenvalue weighted by Gasteiger charge is -2.43. The standard InChI is InChI=1S/C16H29N3O/c1-15(2,3)14-5-7-16(13-17,8-6-14)20-12-11-19-10-4-9-18-19/h4,9-10,14H,5-8,11-13,17H2,1-3H3. The first-order chi connectivity index (χ1) is 9.45. The zero-order valence-electron chi connectivity index (χ0n) is 13.1. The maximum absolute atomic E-state index is 6.17. The maximum Gasteiger partial charge on any atom is 0.0805 e. The van der Waals surface area contributed by atoms with E-state index in [1.54, 1.807) is 6.20 Å². The Labute approximate surface area is 122 Å². The van der Waals surface area contributed by atoms with Crippen molar-refractivity contribution < 1.29 is 4.74 Å². The molecule has 0 aliphatic heterocycles. The van der Waals surface area contributed by atoms with Crippen LogP contribution in [0.4, 0.5) is 0 Å². The highest BCUT2D eigenvalue weighted by atomic mass is 16.5. The number of aromatic nitrogens is 2. The van der Waals surface area contributed by atoms with Gasteiger partial charge in [0.05, 0.1) is 18.8 Å². The Morgan fingerprint density at radius 1 is 1.35 bits per heavy atom. The number of nitrogens with two attached hydrogens (primary N) is 1. The second kappa shape index (κ2) is 6.27. The van der Waals surface area contributed by atoms with Crippen LogP contribution in [0.1, 0.15) is 46.5 Å². The third-order valence-corrected chi connectivity index (χ3v) is 4.78. The van der Waals surface area contributed by atoms with Crippen LogP contribution in [0.5, 0.6) is 0 Å². The smallest absolute Gasteiger partial charge is 0.0805 e. The van der Waals surface area contributed by atoms with E-state index in [0.29, 0.717) is 18.6 Å². The molecule has 1 aromatic heterocycles. The van der Waals surface area contributed by atoms with Crippen molar-refractivity contribution in [2.24, 2.45) is 17.1 Å². The zero-order chi connectivity index (χ0) is 14.6. The molecule has 0 aromatic carbocycles. The summed E-state index contributed by atoms with van der Waals surface area (Å²) in [4.78, 5) is 0. The molecule has 114 valence electrons. The molecule has 1 aliphatic rings. The lowest BCUT2D eigenvalue weighted by Crippen LogP contribution is -2.46. The molecule has 0 bridgehead atoms. The summed E-state index contributed by atoms with van der Waals surface area (Å²) in [5, 5.41) is 4.20. The highest BCUT2D eigenvalue weighted by Gasteiger charge is 2.38. The molecule has 0 amide bonds. The van der Waals surface area contributed by atoms with Gasteiger partial charge in [0.1, 0.15) is 0 Å². The quantitative estimate of drug-likeness (QED) is 0.901. The molecule has 1 saturated carbocycles. The predicted molar refractivity (Wildman–Crippen MR) is 81.4 cm³/mol. The van der Waals surface area contributed by atoms with E-state index >= 15 is 0 Å². The van der Waals surface area contributed by atoms with Crippen LogP contribution in [0, 0.1) is 11.3 Å². The molecule has 0 atom stereocenters. The van der Waals surface area contributed by atoms with E-state index in [-0.39, 0.29) is 5.60 Å². The number of hydrogen-bond donors (Lipinski definition) is 1. The maximum atomic E-state index is 6.17. The molecule has 1 fully saturated rings. The first kappa shape index (κ1) is 15.5. The third kappa shape index (κ3) is 3.83. The number of ether oxygens (including phenoxy) is 1. The Morgan fingerprint density at radius 2 is 2.05 bits per heavy atom. The van der Waals surface area contributed by atoms with Crippen molar-refractivity contribution in [3.8, 4) is 0 Å². The molecule has 0 unspecified atom stereocenters. The predicted octanol–water partition coefficient (Wildman–Crippen LogP) is 2.83. The average molecular weight is 279 g/mol. The average Bonchev–Trinajstić information content (AvgIpc) is 2.91. The van der Waals surface area contributed by atoms with Crippen molar-refractivity contribution in [1.82, 2.24) is 9.78 Å². The Kier molecular flexibility index (Phi) is 4.86. The van der Waals surface area contributed by atoms with Gasteiger partial charge in [0.2, 0.25) is 0 Å². The lowest BCUT2D eigenvalue weighted by atomic mass is 9.68. The van der Waals surface area contributed by atoms with Gasteiger partial charge in [-0.2, -0.15) is 5.10 Å². The molecule has 4 heteroatoms. The molecule has 1 heterocycles. The molecule has 20 heavy (non-hydrogen) atoms. The molecule has 2 rings (SSSR count). The Balaban J connectivity index is 1.82. The van der Waals surface area contributed by atoms with Crippen LogP contribution in [0.3, 0.4) is 0 Å². The van der Waals surface area contributed by atoms with Crippen LogP contribution in [0.25, 0.3) is 0 Å². The summed E-state index contributed by atoms with van der Waals surface area (Å²) in [5.74, 6) is 0.789. The largest absolute Gasteiger partial charge is 0.372 e. The topological polar surface area (TPSA) is 53.1 Å². The second-order valence-electron chi connectivity index (χ2n) is 7.15. The highest BCUT2D eigenvalue weighted by Crippen LogP contribution is 2.42. The molecule has 1 aliphatic carbocycles. The van der Waals surface area contributed by atoms with Gasteiger partial charge in [0.15, 0.2) is 0 Å². The van der Waals surface area contributed by atoms with Crippen molar-refractivity contribution in [2.45, 2.75) is 58.6 Å². The van der Waals surface area contributed by atoms with Crippen LogP contribution < -0.4 is 5.73 Å². The van der Waals surface area contributed by atoms with Gasteiger partial charge in [-0.1, -0.05) is 20.8 Å². The molecule has 0 spiro atoms. The fourth-order valence-corrected chi connectivity index (χ4v) is 3.21. The summed E-state index contributed by atoms with van der Waals surface area (Å²) in [6.45, 7) is 9.14. The van der Waals surface area contributed by atoms with Crippen molar-refractivity contribution in [2.75, 3.05) is 13.2 Å². The minimum Gasteiger partial charge on any atom is -0.372 e. The highest BCUT2D eigenvalue weighted by molar-refractivity contribution is 4.91. The second-order valence-corrected chi connectivity index (χ2v) is 7.15. The minimum atomic E-state index is -0.102. The summed E-state index contributed by atoms with van der Waals surface area (Å²) < 4.78 is 8.08. The summed E-state index contributed by atoms with van der Waals surface area (Å²) in [5.41, 5.74) is 6.30. The number of nitrogens with zero attached hydrogens (tertiary/aromatic N) is 2. The van der Waals surface area contributed by atoms with E-state index in [1.165, 1.54) is 12.8 Å². The van der Waals surface area contributed by atoms with Gasteiger partial charge < -0.3 is 10.5 Å². The van der Waals surface area contributed by atoms with E-state index in [2.05, 4.69) is 25.9 Å². The summed E-state index contributed by atoms with van der Waals surface area (Å²) in [7, 11) is 0. The van der Waals surface area contributed by atoms with Crippen LogP contribution in [-0.4, -0.2) is 28.5 Å². The summed E-state index contributed by atoms with van der Waals surface area (Å²) in [6, 6.07) is 1.94. The van der Waals surface area contributed by atoms with Crippen LogP contribution >= 0.6 is 0 Å². The third-order valence-electron chi connectivity index (χ3n) is 4.78. The molecular formula is C16H29N3O. The zero-order valence-corrected chi connectivity index (χ0v) is 13.1. The molecular weight excluding hydrogens is 250 g/mol. The SMILES string of the molecule is CC(C)(C)C1CCC(CN)(OCCn2cccn2)CC1. The van der Waals surface area contributed by atoms with Gasteiger partial charge in [-0.3, -0.25) is 4.68 Å². The van der Waals surface area contributed by atoms with Crippen molar-refractivity contribution in [3.05, 3.63) is 18.5 Å².